The highest BCUT2D eigenvalue weighted by molar-refractivity contribution is 7.99. The van der Waals surface area contributed by atoms with Gasteiger partial charge in [0.15, 0.2) is 5.78 Å². The van der Waals surface area contributed by atoms with Gasteiger partial charge in [0.2, 0.25) is 5.16 Å². The zero-order chi connectivity index (χ0) is 19.1. The molecule has 1 fully saturated rings. The molecule has 2 aromatic heterocycles. The summed E-state index contributed by atoms with van der Waals surface area (Å²) in [6, 6.07) is 8.65. The van der Waals surface area contributed by atoms with Gasteiger partial charge in [-0.15, -0.1) is 5.10 Å². The monoisotopic (exact) mass is 381 g/mol. The van der Waals surface area contributed by atoms with E-state index in [0.717, 1.165) is 22.5 Å². The Kier molecular flexibility index (Phi) is 4.63. The number of Topliss-reactive ketones (excluding diaryl/α,β-unsaturated/α-hetero) is 1. The molecule has 7 heteroatoms. The first-order chi connectivity index (χ1) is 13.0. The van der Waals surface area contributed by atoms with Gasteiger partial charge < -0.3 is 4.57 Å². The topological polar surface area (TPSA) is 65.6 Å². The molecule has 0 radical (unpaired) electrons. The maximum atomic E-state index is 12.8. The standard InChI is InChI=1S/C20H23N5OS/c1-12-6-5-7-18(14(12)3)25-20(21-22-23-25)27-11-19(26)17-10-13(2)24(15(17)4)16-8-9-16/h5-7,10,16H,8-9,11H2,1-4H3. The third-order valence-corrected chi connectivity index (χ3v) is 6.19. The fraction of sp³-hybridized carbons (Fsp3) is 0.400. The quantitative estimate of drug-likeness (QED) is 0.477. The zero-order valence-electron chi connectivity index (χ0n) is 16.1. The number of aryl methyl sites for hydroxylation is 2. The Labute approximate surface area is 163 Å². The Morgan fingerprint density at radius 3 is 2.74 bits per heavy atom. The van der Waals surface area contributed by atoms with E-state index in [1.54, 1.807) is 4.68 Å². The Hall–Kier alpha value is -2.41. The van der Waals surface area contributed by atoms with Gasteiger partial charge >= 0.3 is 0 Å². The van der Waals surface area contributed by atoms with Crippen molar-refractivity contribution in [3.8, 4) is 5.69 Å². The molecule has 0 N–H and O–H groups in total. The molecule has 1 saturated carbocycles. The van der Waals surface area contributed by atoms with E-state index in [4.69, 9.17) is 0 Å². The first kappa shape index (κ1) is 18.0. The van der Waals surface area contributed by atoms with Crippen LogP contribution in [0.4, 0.5) is 0 Å². The lowest BCUT2D eigenvalue weighted by Gasteiger charge is -2.09. The van der Waals surface area contributed by atoms with Crippen molar-refractivity contribution >= 4 is 17.5 Å². The molecule has 1 aliphatic carbocycles. The fourth-order valence-corrected chi connectivity index (χ4v) is 4.31. The molecule has 2 heterocycles. The lowest BCUT2D eigenvalue weighted by atomic mass is 10.1. The van der Waals surface area contributed by atoms with Crippen LogP contribution in [-0.4, -0.2) is 36.3 Å². The molecule has 0 unspecified atom stereocenters. The minimum absolute atomic E-state index is 0.121. The Balaban J connectivity index is 1.54. The van der Waals surface area contributed by atoms with E-state index in [9.17, 15) is 4.79 Å². The van der Waals surface area contributed by atoms with Gasteiger partial charge in [0, 0.05) is 23.0 Å². The van der Waals surface area contributed by atoms with Crippen LogP contribution in [0, 0.1) is 27.7 Å². The summed E-state index contributed by atoms with van der Waals surface area (Å²) in [4.78, 5) is 12.8. The van der Waals surface area contributed by atoms with Crippen LogP contribution in [0.3, 0.4) is 0 Å². The van der Waals surface area contributed by atoms with Crippen molar-refractivity contribution < 1.29 is 4.79 Å². The van der Waals surface area contributed by atoms with Crippen molar-refractivity contribution in [2.24, 2.45) is 0 Å². The summed E-state index contributed by atoms with van der Waals surface area (Å²) in [5.74, 6) is 0.440. The third kappa shape index (κ3) is 3.32. The van der Waals surface area contributed by atoms with E-state index in [2.05, 4.69) is 46.9 Å². The van der Waals surface area contributed by atoms with E-state index in [-0.39, 0.29) is 5.78 Å². The van der Waals surface area contributed by atoms with Crippen molar-refractivity contribution in [2.45, 2.75) is 51.7 Å². The normalized spacial score (nSPS) is 13.9. The number of carbonyl (C=O) groups is 1. The van der Waals surface area contributed by atoms with Crippen LogP contribution in [-0.2, 0) is 0 Å². The first-order valence-electron chi connectivity index (χ1n) is 9.16. The van der Waals surface area contributed by atoms with Gasteiger partial charge in [0.05, 0.1) is 11.4 Å². The Morgan fingerprint density at radius 1 is 1.22 bits per heavy atom. The second kappa shape index (κ2) is 6.96. The summed E-state index contributed by atoms with van der Waals surface area (Å²) < 4.78 is 4.02. The van der Waals surface area contributed by atoms with Crippen molar-refractivity contribution in [3.63, 3.8) is 0 Å². The highest BCUT2D eigenvalue weighted by Gasteiger charge is 2.28. The van der Waals surface area contributed by atoms with Crippen LogP contribution in [0.15, 0.2) is 29.4 Å². The van der Waals surface area contributed by atoms with Gasteiger partial charge in [0.1, 0.15) is 0 Å². The van der Waals surface area contributed by atoms with Gasteiger partial charge in [-0.2, -0.15) is 4.68 Å². The molecule has 0 amide bonds. The number of thioether (sulfide) groups is 1. The largest absolute Gasteiger partial charge is 0.345 e. The first-order valence-corrected chi connectivity index (χ1v) is 10.2. The fourth-order valence-electron chi connectivity index (χ4n) is 3.55. The number of rotatable bonds is 6. The number of carbonyl (C=O) groups excluding carboxylic acids is 1. The lowest BCUT2D eigenvalue weighted by Crippen LogP contribution is -2.07. The second-order valence-corrected chi connectivity index (χ2v) is 8.13. The predicted octanol–water partition coefficient (Wildman–Crippen LogP) is 4.01. The molecule has 1 aliphatic rings. The summed E-state index contributed by atoms with van der Waals surface area (Å²) in [6.45, 7) is 8.24. The number of aromatic nitrogens is 5. The molecular weight excluding hydrogens is 358 g/mol. The summed E-state index contributed by atoms with van der Waals surface area (Å²) in [5, 5.41) is 12.7. The van der Waals surface area contributed by atoms with E-state index >= 15 is 0 Å². The third-order valence-electron chi connectivity index (χ3n) is 5.27. The number of hydrogen-bond acceptors (Lipinski definition) is 5. The molecule has 6 nitrogen and oxygen atoms in total. The maximum Gasteiger partial charge on any atom is 0.214 e. The Morgan fingerprint density at radius 2 is 2.00 bits per heavy atom. The summed E-state index contributed by atoms with van der Waals surface area (Å²) in [5.41, 5.74) is 6.33. The molecular formula is C20H23N5OS. The number of hydrogen-bond donors (Lipinski definition) is 0. The van der Waals surface area contributed by atoms with Gasteiger partial charge in [-0.25, -0.2) is 0 Å². The van der Waals surface area contributed by atoms with E-state index in [1.807, 2.05) is 25.1 Å². The minimum atomic E-state index is 0.121. The van der Waals surface area contributed by atoms with Crippen molar-refractivity contribution in [3.05, 3.63) is 52.3 Å². The smallest absolute Gasteiger partial charge is 0.214 e. The molecule has 0 aliphatic heterocycles. The van der Waals surface area contributed by atoms with Crippen LogP contribution < -0.4 is 0 Å². The van der Waals surface area contributed by atoms with Crippen LogP contribution in [0.2, 0.25) is 0 Å². The molecule has 4 rings (SSSR count). The summed E-state index contributed by atoms with van der Waals surface area (Å²) >= 11 is 1.38. The van der Waals surface area contributed by atoms with Crippen molar-refractivity contribution in [2.75, 3.05) is 5.75 Å². The van der Waals surface area contributed by atoms with Gasteiger partial charge in [0.25, 0.3) is 0 Å². The van der Waals surface area contributed by atoms with E-state index in [1.165, 1.54) is 35.9 Å². The van der Waals surface area contributed by atoms with Gasteiger partial charge in [-0.05, 0) is 74.2 Å². The number of benzene rings is 1. The van der Waals surface area contributed by atoms with Crippen LogP contribution in [0.5, 0.6) is 0 Å². The molecule has 3 aromatic rings. The highest BCUT2D eigenvalue weighted by atomic mass is 32.2. The Bertz CT molecular complexity index is 1020. The van der Waals surface area contributed by atoms with E-state index < -0.39 is 0 Å². The van der Waals surface area contributed by atoms with Crippen molar-refractivity contribution in [1.29, 1.82) is 0 Å². The van der Waals surface area contributed by atoms with Crippen LogP contribution >= 0.6 is 11.8 Å². The van der Waals surface area contributed by atoms with Gasteiger partial charge in [-0.3, -0.25) is 4.79 Å². The number of ketones is 1. The SMILES string of the molecule is Cc1cccc(-n2nnnc2SCC(=O)c2cc(C)n(C3CC3)c2C)c1C. The number of tetrazole rings is 1. The molecule has 27 heavy (non-hydrogen) atoms. The second-order valence-electron chi connectivity index (χ2n) is 7.19. The van der Waals surface area contributed by atoms with Gasteiger partial charge in [-0.1, -0.05) is 23.9 Å². The average molecular weight is 382 g/mol. The lowest BCUT2D eigenvalue weighted by molar-refractivity contribution is 0.102. The molecule has 0 saturated heterocycles. The van der Waals surface area contributed by atoms with Crippen molar-refractivity contribution in [1.82, 2.24) is 24.8 Å². The number of nitrogens with zero attached hydrogens (tertiary/aromatic N) is 5. The molecule has 0 spiro atoms. The highest BCUT2D eigenvalue weighted by Crippen LogP contribution is 2.38. The average Bonchev–Trinajstić information content (AvgIpc) is 3.28. The summed E-state index contributed by atoms with van der Waals surface area (Å²) in [6.07, 6.45) is 2.42. The molecule has 1 aromatic carbocycles. The predicted molar refractivity (Wildman–Crippen MR) is 106 cm³/mol. The zero-order valence-corrected chi connectivity index (χ0v) is 16.9. The van der Waals surface area contributed by atoms with Crippen LogP contribution in [0.1, 0.15) is 51.8 Å². The molecule has 0 atom stereocenters. The maximum absolute atomic E-state index is 12.8. The molecule has 0 bridgehead atoms. The van der Waals surface area contributed by atoms with Crippen LogP contribution in [0.25, 0.3) is 5.69 Å². The molecule has 140 valence electrons. The van der Waals surface area contributed by atoms with E-state index in [0.29, 0.717) is 17.0 Å². The summed E-state index contributed by atoms with van der Waals surface area (Å²) in [7, 11) is 0. The minimum Gasteiger partial charge on any atom is -0.345 e.